The first-order chi connectivity index (χ1) is 8.16. The van der Waals surface area contributed by atoms with Crippen LogP contribution in [0.3, 0.4) is 0 Å². The Hall–Kier alpha value is -1.16. The number of nitrogens with zero attached hydrogens (tertiary/aromatic N) is 1. The van der Waals surface area contributed by atoms with E-state index in [1.54, 1.807) is 24.3 Å². The van der Waals surface area contributed by atoms with Gasteiger partial charge in [0, 0.05) is 11.4 Å². The van der Waals surface area contributed by atoms with Crippen LogP contribution >= 0.6 is 15.9 Å². The van der Waals surface area contributed by atoms with E-state index in [0.29, 0.717) is 11.1 Å². The lowest BCUT2D eigenvalue weighted by molar-refractivity contribution is 0.0590. The molecule has 0 aromatic heterocycles. The fourth-order valence-corrected chi connectivity index (χ4v) is 2.43. The standard InChI is InChI=1S/C13H14BrNO2/c1-9(5-4-8-14)15-12(16)10-6-2-3-7-11(10)13(15)17/h2-3,6-7,9H,4-5,8H2,1H3. The van der Waals surface area contributed by atoms with Gasteiger partial charge in [-0.2, -0.15) is 0 Å². The van der Waals surface area contributed by atoms with E-state index in [1.165, 1.54) is 4.90 Å². The van der Waals surface area contributed by atoms with Crippen molar-refractivity contribution < 1.29 is 9.59 Å². The smallest absolute Gasteiger partial charge is 0.261 e. The predicted octanol–water partition coefficient (Wildman–Crippen LogP) is 2.85. The number of benzene rings is 1. The predicted molar refractivity (Wildman–Crippen MR) is 69.4 cm³/mol. The largest absolute Gasteiger partial charge is 0.272 e. The van der Waals surface area contributed by atoms with Crippen molar-refractivity contribution in [1.82, 2.24) is 4.90 Å². The minimum absolute atomic E-state index is 0.0417. The highest BCUT2D eigenvalue weighted by atomic mass is 79.9. The topological polar surface area (TPSA) is 37.4 Å². The quantitative estimate of drug-likeness (QED) is 0.633. The van der Waals surface area contributed by atoms with Gasteiger partial charge in [-0.05, 0) is 31.9 Å². The van der Waals surface area contributed by atoms with Crippen LogP contribution in [-0.4, -0.2) is 28.1 Å². The zero-order valence-corrected chi connectivity index (χ0v) is 11.2. The molecule has 0 aliphatic carbocycles. The molecule has 0 radical (unpaired) electrons. The van der Waals surface area contributed by atoms with Crippen molar-refractivity contribution in [3.05, 3.63) is 35.4 Å². The van der Waals surface area contributed by atoms with Crippen molar-refractivity contribution in [2.45, 2.75) is 25.8 Å². The molecule has 0 saturated carbocycles. The summed E-state index contributed by atoms with van der Waals surface area (Å²) in [6.07, 6.45) is 1.78. The second kappa shape index (κ2) is 5.00. The van der Waals surface area contributed by atoms with Crippen LogP contribution in [0.15, 0.2) is 24.3 Å². The number of alkyl halides is 1. The van der Waals surface area contributed by atoms with E-state index in [0.717, 1.165) is 18.2 Å². The molecule has 17 heavy (non-hydrogen) atoms. The van der Waals surface area contributed by atoms with Crippen molar-refractivity contribution in [2.75, 3.05) is 5.33 Å². The molecule has 1 aromatic carbocycles. The number of hydrogen-bond donors (Lipinski definition) is 0. The van der Waals surface area contributed by atoms with Gasteiger partial charge in [0.2, 0.25) is 0 Å². The molecule has 90 valence electrons. The summed E-state index contributed by atoms with van der Waals surface area (Å²) in [7, 11) is 0. The first-order valence-corrected chi connectivity index (χ1v) is 6.82. The summed E-state index contributed by atoms with van der Waals surface area (Å²) in [6, 6.07) is 6.97. The summed E-state index contributed by atoms with van der Waals surface area (Å²) < 4.78 is 0. The van der Waals surface area contributed by atoms with Gasteiger partial charge in [0.05, 0.1) is 11.1 Å². The molecular formula is C13H14BrNO2. The maximum absolute atomic E-state index is 12.1. The highest BCUT2D eigenvalue weighted by molar-refractivity contribution is 9.09. The number of imide groups is 1. The molecule has 3 nitrogen and oxygen atoms in total. The average molecular weight is 296 g/mol. The highest BCUT2D eigenvalue weighted by Gasteiger charge is 2.37. The summed E-state index contributed by atoms with van der Waals surface area (Å²) in [5, 5.41) is 0.889. The van der Waals surface area contributed by atoms with E-state index in [4.69, 9.17) is 0 Å². The summed E-state index contributed by atoms with van der Waals surface area (Å²) in [5.41, 5.74) is 1.06. The average Bonchev–Trinajstić information content (AvgIpc) is 2.60. The van der Waals surface area contributed by atoms with Crippen LogP contribution in [0, 0.1) is 0 Å². The molecule has 0 fully saturated rings. The van der Waals surface area contributed by atoms with Crippen LogP contribution in [-0.2, 0) is 0 Å². The van der Waals surface area contributed by atoms with Crippen molar-refractivity contribution in [3.8, 4) is 0 Å². The number of fused-ring (bicyclic) bond motifs is 1. The maximum atomic E-state index is 12.1. The van der Waals surface area contributed by atoms with Crippen LogP contribution in [0.5, 0.6) is 0 Å². The Morgan fingerprint density at radius 1 is 1.18 bits per heavy atom. The third-order valence-corrected chi connectivity index (χ3v) is 3.58. The van der Waals surface area contributed by atoms with E-state index < -0.39 is 0 Å². The van der Waals surface area contributed by atoms with Crippen LogP contribution in [0.4, 0.5) is 0 Å². The molecule has 1 unspecified atom stereocenters. The zero-order valence-electron chi connectivity index (χ0n) is 9.65. The Bertz CT molecular complexity index is 423. The number of halogens is 1. The Kier molecular flexibility index (Phi) is 3.62. The van der Waals surface area contributed by atoms with Gasteiger partial charge in [-0.15, -0.1) is 0 Å². The van der Waals surface area contributed by atoms with Crippen molar-refractivity contribution in [3.63, 3.8) is 0 Å². The third-order valence-electron chi connectivity index (χ3n) is 3.02. The summed E-state index contributed by atoms with van der Waals surface area (Å²) in [4.78, 5) is 25.6. The third kappa shape index (κ3) is 2.14. The Labute approximate surface area is 109 Å². The van der Waals surface area contributed by atoms with Crippen LogP contribution in [0.1, 0.15) is 40.5 Å². The molecule has 0 saturated heterocycles. The summed E-state index contributed by atoms with van der Waals surface area (Å²) in [5.74, 6) is -0.319. The first-order valence-electron chi connectivity index (χ1n) is 5.69. The molecule has 2 rings (SSSR count). The molecule has 2 amide bonds. The molecular weight excluding hydrogens is 282 g/mol. The van der Waals surface area contributed by atoms with Gasteiger partial charge in [0.15, 0.2) is 0 Å². The van der Waals surface area contributed by atoms with Gasteiger partial charge in [0.25, 0.3) is 11.8 Å². The first kappa shape index (κ1) is 12.3. The van der Waals surface area contributed by atoms with Gasteiger partial charge in [-0.1, -0.05) is 28.1 Å². The van der Waals surface area contributed by atoms with E-state index in [1.807, 2.05) is 6.92 Å². The lowest BCUT2D eigenvalue weighted by Gasteiger charge is -2.22. The normalized spacial score (nSPS) is 16.2. The van der Waals surface area contributed by atoms with E-state index >= 15 is 0 Å². The molecule has 1 aliphatic rings. The lowest BCUT2D eigenvalue weighted by Crippen LogP contribution is -2.37. The second-order valence-electron chi connectivity index (χ2n) is 4.21. The number of rotatable bonds is 4. The highest BCUT2D eigenvalue weighted by Crippen LogP contribution is 2.25. The minimum Gasteiger partial charge on any atom is -0.272 e. The summed E-state index contributed by atoms with van der Waals surface area (Å²) in [6.45, 7) is 1.92. The molecule has 1 aliphatic heterocycles. The van der Waals surface area contributed by atoms with Crippen molar-refractivity contribution >= 4 is 27.7 Å². The van der Waals surface area contributed by atoms with Crippen LogP contribution in [0.25, 0.3) is 0 Å². The fourth-order valence-electron chi connectivity index (χ4n) is 2.11. The molecule has 0 spiro atoms. The Morgan fingerprint density at radius 3 is 2.18 bits per heavy atom. The SMILES string of the molecule is CC(CCCBr)N1C(=O)c2ccccc2C1=O. The second-order valence-corrected chi connectivity index (χ2v) is 5.00. The molecule has 1 heterocycles. The van der Waals surface area contributed by atoms with Gasteiger partial charge >= 0.3 is 0 Å². The molecule has 1 atom stereocenters. The number of hydrogen-bond acceptors (Lipinski definition) is 2. The Morgan fingerprint density at radius 2 is 1.71 bits per heavy atom. The molecule has 0 N–H and O–H groups in total. The zero-order chi connectivity index (χ0) is 12.4. The number of carbonyl (C=O) groups is 2. The molecule has 4 heteroatoms. The molecule has 1 aromatic rings. The van der Waals surface area contributed by atoms with Gasteiger partial charge < -0.3 is 0 Å². The minimum atomic E-state index is -0.160. The van der Waals surface area contributed by atoms with Crippen molar-refractivity contribution in [1.29, 1.82) is 0 Å². The number of amides is 2. The maximum Gasteiger partial charge on any atom is 0.261 e. The van der Waals surface area contributed by atoms with E-state index in [2.05, 4.69) is 15.9 Å². The lowest BCUT2D eigenvalue weighted by atomic mass is 10.1. The Balaban J connectivity index is 2.24. The molecule has 0 bridgehead atoms. The van der Waals surface area contributed by atoms with E-state index in [9.17, 15) is 9.59 Å². The van der Waals surface area contributed by atoms with Gasteiger partial charge in [0.1, 0.15) is 0 Å². The number of carbonyl (C=O) groups excluding carboxylic acids is 2. The van der Waals surface area contributed by atoms with Gasteiger partial charge in [-0.25, -0.2) is 0 Å². The fraction of sp³-hybridized carbons (Fsp3) is 0.385. The van der Waals surface area contributed by atoms with Crippen LogP contribution < -0.4 is 0 Å². The summed E-state index contributed by atoms with van der Waals surface area (Å²) >= 11 is 3.36. The monoisotopic (exact) mass is 295 g/mol. The van der Waals surface area contributed by atoms with Crippen molar-refractivity contribution in [2.24, 2.45) is 0 Å². The van der Waals surface area contributed by atoms with Crippen LogP contribution in [0.2, 0.25) is 0 Å². The van der Waals surface area contributed by atoms with Gasteiger partial charge in [-0.3, -0.25) is 14.5 Å². The van der Waals surface area contributed by atoms with E-state index in [-0.39, 0.29) is 17.9 Å².